The normalized spacial score (nSPS) is 25.0. The minimum atomic E-state index is -0.946. The highest BCUT2D eigenvalue weighted by Crippen LogP contribution is 2.21. The van der Waals surface area contributed by atoms with Crippen molar-refractivity contribution in [2.75, 3.05) is 6.54 Å². The molecule has 2 atom stereocenters. The van der Waals surface area contributed by atoms with Gasteiger partial charge in [-0.25, -0.2) is 4.79 Å². The fraction of sp³-hybridized carbons (Fsp3) is 0.800. The minimum absolute atomic E-state index is 0.255. The SMILES string of the molecule is CCC(C)(N)C(=O)N1CCC[C@@H]1C(=O)O. The lowest BCUT2D eigenvalue weighted by atomic mass is 9.98. The van der Waals surface area contributed by atoms with Gasteiger partial charge in [-0.1, -0.05) is 6.92 Å². The molecule has 0 aromatic heterocycles. The van der Waals surface area contributed by atoms with E-state index in [1.807, 2.05) is 6.92 Å². The van der Waals surface area contributed by atoms with Gasteiger partial charge in [0.2, 0.25) is 5.91 Å². The van der Waals surface area contributed by atoms with Crippen molar-refractivity contribution in [3.63, 3.8) is 0 Å². The zero-order chi connectivity index (χ0) is 11.6. The summed E-state index contributed by atoms with van der Waals surface area (Å²) in [7, 11) is 0. The van der Waals surface area contributed by atoms with Gasteiger partial charge in [-0.15, -0.1) is 0 Å². The van der Waals surface area contributed by atoms with E-state index in [0.29, 0.717) is 19.4 Å². The molecule has 3 N–H and O–H groups in total. The van der Waals surface area contributed by atoms with Crippen molar-refractivity contribution in [2.45, 2.75) is 44.7 Å². The predicted octanol–water partition coefficient (Wildman–Crippen LogP) is 0.189. The van der Waals surface area contributed by atoms with Crippen LogP contribution >= 0.6 is 0 Å². The van der Waals surface area contributed by atoms with Crippen molar-refractivity contribution >= 4 is 11.9 Å². The summed E-state index contributed by atoms with van der Waals surface area (Å²) in [5.74, 6) is -1.19. The number of amides is 1. The number of aliphatic carboxylic acids is 1. The number of carboxylic acid groups (broad SMARTS) is 1. The third kappa shape index (κ3) is 2.28. The minimum Gasteiger partial charge on any atom is -0.480 e. The van der Waals surface area contributed by atoms with E-state index in [4.69, 9.17) is 10.8 Å². The summed E-state index contributed by atoms with van der Waals surface area (Å²) in [5.41, 5.74) is 4.87. The summed E-state index contributed by atoms with van der Waals surface area (Å²) in [6.07, 6.45) is 1.78. The van der Waals surface area contributed by atoms with Gasteiger partial charge < -0.3 is 15.7 Å². The first-order chi connectivity index (χ1) is 6.90. The third-order valence-electron chi connectivity index (χ3n) is 3.02. The van der Waals surface area contributed by atoms with E-state index >= 15 is 0 Å². The highest BCUT2D eigenvalue weighted by Gasteiger charge is 2.40. The van der Waals surface area contributed by atoms with Gasteiger partial charge in [-0.2, -0.15) is 0 Å². The van der Waals surface area contributed by atoms with Crippen LogP contribution in [0.3, 0.4) is 0 Å². The molecule has 1 aliphatic rings. The Bertz CT molecular complexity index is 276. The van der Waals surface area contributed by atoms with Gasteiger partial charge in [0.15, 0.2) is 0 Å². The molecule has 86 valence electrons. The number of rotatable bonds is 3. The average Bonchev–Trinajstić information content (AvgIpc) is 2.64. The van der Waals surface area contributed by atoms with Crippen LogP contribution in [0.4, 0.5) is 0 Å². The fourth-order valence-electron chi connectivity index (χ4n) is 1.75. The summed E-state index contributed by atoms with van der Waals surface area (Å²) >= 11 is 0. The van der Waals surface area contributed by atoms with E-state index in [9.17, 15) is 9.59 Å². The molecule has 0 radical (unpaired) electrons. The van der Waals surface area contributed by atoms with Crippen LogP contribution in [0.15, 0.2) is 0 Å². The molecule has 5 heteroatoms. The Balaban J connectivity index is 2.79. The number of likely N-dealkylation sites (tertiary alicyclic amines) is 1. The Labute approximate surface area is 89.2 Å². The number of hydrogen-bond acceptors (Lipinski definition) is 3. The topological polar surface area (TPSA) is 83.6 Å². The molecular formula is C10H18N2O3. The van der Waals surface area contributed by atoms with Gasteiger partial charge >= 0.3 is 5.97 Å². The van der Waals surface area contributed by atoms with E-state index in [0.717, 1.165) is 6.42 Å². The van der Waals surface area contributed by atoms with Crippen LogP contribution in [0.5, 0.6) is 0 Å². The zero-order valence-electron chi connectivity index (χ0n) is 9.19. The number of carbonyl (C=O) groups excluding carboxylic acids is 1. The maximum absolute atomic E-state index is 12.0. The molecular weight excluding hydrogens is 196 g/mol. The van der Waals surface area contributed by atoms with Crippen molar-refractivity contribution in [1.82, 2.24) is 4.90 Å². The second kappa shape index (κ2) is 4.18. The second-order valence-electron chi connectivity index (χ2n) is 4.27. The lowest BCUT2D eigenvalue weighted by molar-refractivity contribution is -0.150. The summed E-state index contributed by atoms with van der Waals surface area (Å²) in [5, 5.41) is 8.94. The molecule has 1 rings (SSSR count). The fourth-order valence-corrected chi connectivity index (χ4v) is 1.75. The van der Waals surface area contributed by atoms with Crippen LogP contribution in [-0.2, 0) is 9.59 Å². The number of hydrogen-bond donors (Lipinski definition) is 2. The molecule has 1 heterocycles. The average molecular weight is 214 g/mol. The molecule has 0 aromatic carbocycles. The van der Waals surface area contributed by atoms with Gasteiger partial charge in [-0.3, -0.25) is 4.79 Å². The summed E-state index contributed by atoms with van der Waals surface area (Å²) < 4.78 is 0. The smallest absolute Gasteiger partial charge is 0.326 e. The highest BCUT2D eigenvalue weighted by atomic mass is 16.4. The van der Waals surface area contributed by atoms with Crippen LogP contribution < -0.4 is 5.73 Å². The summed E-state index contributed by atoms with van der Waals surface area (Å²) in [4.78, 5) is 24.2. The molecule has 0 aliphatic carbocycles. The lowest BCUT2D eigenvalue weighted by Crippen LogP contribution is -2.55. The standard InChI is InChI=1S/C10H18N2O3/c1-3-10(2,11)9(15)12-6-4-5-7(12)8(13)14/h7H,3-6,11H2,1-2H3,(H,13,14)/t7-,10?/m1/s1. The molecule has 1 fully saturated rings. The first kappa shape index (κ1) is 12.0. The van der Waals surface area contributed by atoms with Gasteiger partial charge in [-0.05, 0) is 26.2 Å². The largest absolute Gasteiger partial charge is 0.480 e. The number of carboxylic acids is 1. The van der Waals surface area contributed by atoms with E-state index in [2.05, 4.69) is 0 Å². The number of nitrogens with two attached hydrogens (primary N) is 1. The molecule has 15 heavy (non-hydrogen) atoms. The molecule has 1 aliphatic heterocycles. The van der Waals surface area contributed by atoms with Gasteiger partial charge in [0.1, 0.15) is 6.04 Å². The quantitative estimate of drug-likeness (QED) is 0.702. The molecule has 0 saturated carbocycles. The third-order valence-corrected chi connectivity index (χ3v) is 3.02. The highest BCUT2D eigenvalue weighted by molar-refractivity contribution is 5.90. The molecule has 0 aromatic rings. The number of nitrogens with zero attached hydrogens (tertiary/aromatic N) is 1. The first-order valence-electron chi connectivity index (χ1n) is 5.23. The first-order valence-corrected chi connectivity index (χ1v) is 5.23. The van der Waals surface area contributed by atoms with Crippen LogP contribution in [0.2, 0.25) is 0 Å². The molecule has 0 spiro atoms. The summed E-state index contributed by atoms with van der Waals surface area (Å²) in [6, 6.07) is -0.688. The van der Waals surface area contributed by atoms with Gasteiger partial charge in [0.25, 0.3) is 0 Å². The van der Waals surface area contributed by atoms with Crippen molar-refractivity contribution in [1.29, 1.82) is 0 Å². The summed E-state index contributed by atoms with van der Waals surface area (Å²) in [6.45, 7) is 3.97. The molecule has 0 bridgehead atoms. The Morgan fingerprint density at radius 1 is 1.60 bits per heavy atom. The maximum atomic E-state index is 12.0. The monoisotopic (exact) mass is 214 g/mol. The van der Waals surface area contributed by atoms with Crippen LogP contribution in [-0.4, -0.2) is 40.0 Å². The van der Waals surface area contributed by atoms with Crippen molar-refractivity contribution < 1.29 is 14.7 Å². The van der Waals surface area contributed by atoms with Gasteiger partial charge in [0.05, 0.1) is 5.54 Å². The Morgan fingerprint density at radius 3 is 2.67 bits per heavy atom. The molecule has 1 unspecified atom stereocenters. The molecule has 1 saturated heterocycles. The Kier molecular flexibility index (Phi) is 3.34. The van der Waals surface area contributed by atoms with Crippen LogP contribution in [0.25, 0.3) is 0 Å². The van der Waals surface area contributed by atoms with Crippen molar-refractivity contribution in [3.8, 4) is 0 Å². The molecule has 1 amide bonds. The molecule has 5 nitrogen and oxygen atoms in total. The zero-order valence-corrected chi connectivity index (χ0v) is 9.19. The van der Waals surface area contributed by atoms with E-state index in [1.54, 1.807) is 6.92 Å². The Morgan fingerprint density at radius 2 is 2.20 bits per heavy atom. The van der Waals surface area contributed by atoms with Crippen molar-refractivity contribution in [2.24, 2.45) is 5.73 Å². The number of carbonyl (C=O) groups is 2. The lowest BCUT2D eigenvalue weighted by Gasteiger charge is -2.30. The maximum Gasteiger partial charge on any atom is 0.326 e. The van der Waals surface area contributed by atoms with Crippen LogP contribution in [0.1, 0.15) is 33.1 Å². The van der Waals surface area contributed by atoms with Crippen LogP contribution in [0, 0.1) is 0 Å². The van der Waals surface area contributed by atoms with E-state index in [1.165, 1.54) is 4.90 Å². The Hall–Kier alpha value is -1.10. The van der Waals surface area contributed by atoms with Gasteiger partial charge in [0, 0.05) is 6.54 Å². The van der Waals surface area contributed by atoms with E-state index < -0.39 is 17.6 Å². The predicted molar refractivity (Wildman–Crippen MR) is 55.3 cm³/mol. The van der Waals surface area contributed by atoms with Crippen molar-refractivity contribution in [3.05, 3.63) is 0 Å². The second-order valence-corrected chi connectivity index (χ2v) is 4.27. The van der Waals surface area contributed by atoms with E-state index in [-0.39, 0.29) is 5.91 Å².